The van der Waals surface area contributed by atoms with Crippen LogP contribution in [0.1, 0.15) is 29.0 Å². The van der Waals surface area contributed by atoms with Crippen molar-refractivity contribution < 1.29 is 9.53 Å². The van der Waals surface area contributed by atoms with E-state index in [1.54, 1.807) is 68.9 Å². The van der Waals surface area contributed by atoms with Gasteiger partial charge in [-0.15, -0.1) is 5.10 Å². The summed E-state index contributed by atoms with van der Waals surface area (Å²) in [5.41, 5.74) is 7.39. The van der Waals surface area contributed by atoms with Crippen molar-refractivity contribution >= 4 is 39.7 Å². The Morgan fingerprint density at radius 1 is 1.17 bits per heavy atom. The van der Waals surface area contributed by atoms with Gasteiger partial charge in [0.05, 0.1) is 23.6 Å². The number of hydrogen-bond donors (Lipinski definition) is 2. The van der Waals surface area contributed by atoms with Crippen molar-refractivity contribution in [3.8, 4) is 11.4 Å². The zero-order valence-electron chi connectivity index (χ0n) is 18.9. The Kier molecular flexibility index (Phi) is 5.62. The number of nitrogen functional groups attached to an aromatic ring is 1. The van der Waals surface area contributed by atoms with Gasteiger partial charge in [-0.2, -0.15) is 0 Å². The molecular formula is C25H21ClN6O3. The third kappa shape index (κ3) is 3.85. The Hall–Kier alpha value is -4.37. The number of aromatic nitrogens is 4. The number of ether oxygens (including phenoxy) is 1. The van der Waals surface area contributed by atoms with Gasteiger partial charge < -0.3 is 15.8 Å². The molecule has 1 unspecified atom stereocenters. The lowest BCUT2D eigenvalue weighted by Crippen LogP contribution is -2.32. The second-order valence-electron chi connectivity index (χ2n) is 7.96. The van der Waals surface area contributed by atoms with Crippen molar-refractivity contribution in [1.82, 2.24) is 24.5 Å². The average Bonchev–Trinajstić information content (AvgIpc) is 3.19. The first kappa shape index (κ1) is 22.4. The summed E-state index contributed by atoms with van der Waals surface area (Å²) in [5, 5.41) is 8.50. The molecule has 5 aromatic rings. The number of anilines is 1. The fourth-order valence-electron chi connectivity index (χ4n) is 4.12. The smallest absolute Gasteiger partial charge is 0.264 e. The molecule has 5 rings (SSSR count). The highest BCUT2D eigenvalue weighted by molar-refractivity contribution is 6.35. The molecule has 0 spiro atoms. The molecule has 3 N–H and O–H groups in total. The summed E-state index contributed by atoms with van der Waals surface area (Å²) in [6, 6.07) is 15.3. The van der Waals surface area contributed by atoms with Gasteiger partial charge in [0.15, 0.2) is 11.5 Å². The molecule has 0 saturated heterocycles. The van der Waals surface area contributed by atoms with Gasteiger partial charge in [0.1, 0.15) is 11.3 Å². The van der Waals surface area contributed by atoms with Crippen molar-refractivity contribution in [2.75, 3.05) is 12.8 Å². The fourth-order valence-corrected chi connectivity index (χ4v) is 4.38. The van der Waals surface area contributed by atoms with Crippen molar-refractivity contribution in [3.63, 3.8) is 0 Å². The highest BCUT2D eigenvalue weighted by Gasteiger charge is 2.24. The molecule has 10 heteroatoms. The summed E-state index contributed by atoms with van der Waals surface area (Å²) in [4.78, 5) is 31.1. The van der Waals surface area contributed by atoms with E-state index in [4.69, 9.17) is 22.1 Å². The number of methoxy groups -OCH3 is 1. The van der Waals surface area contributed by atoms with Crippen LogP contribution in [-0.2, 0) is 0 Å². The van der Waals surface area contributed by atoms with Crippen LogP contribution in [0.15, 0.2) is 71.8 Å². The zero-order valence-corrected chi connectivity index (χ0v) is 19.7. The Morgan fingerprint density at radius 3 is 2.69 bits per heavy atom. The molecule has 3 aromatic heterocycles. The summed E-state index contributed by atoms with van der Waals surface area (Å²) < 4.78 is 8.23. The Labute approximate surface area is 204 Å². The molecule has 0 aliphatic heterocycles. The van der Waals surface area contributed by atoms with Crippen LogP contribution in [0.2, 0.25) is 5.02 Å². The van der Waals surface area contributed by atoms with Crippen LogP contribution >= 0.6 is 11.6 Å². The molecule has 0 bridgehead atoms. The highest BCUT2D eigenvalue weighted by Crippen LogP contribution is 2.27. The van der Waals surface area contributed by atoms with Gasteiger partial charge in [-0.25, -0.2) is 9.50 Å². The van der Waals surface area contributed by atoms with Crippen molar-refractivity contribution in [3.05, 3.63) is 93.6 Å². The first-order valence-electron chi connectivity index (χ1n) is 10.8. The number of benzene rings is 2. The molecule has 1 amide bonds. The number of pyridine rings is 1. The van der Waals surface area contributed by atoms with Crippen LogP contribution in [0.3, 0.4) is 0 Å². The van der Waals surface area contributed by atoms with Crippen LogP contribution in [-0.4, -0.2) is 32.2 Å². The summed E-state index contributed by atoms with van der Waals surface area (Å²) in [6.45, 7) is 1.79. The number of nitrogens with two attached hydrogens (primary N) is 1. The topological polar surface area (TPSA) is 117 Å². The number of nitrogens with zero attached hydrogens (tertiary/aromatic N) is 4. The maximum absolute atomic E-state index is 13.7. The van der Waals surface area contributed by atoms with E-state index in [1.165, 1.54) is 9.08 Å². The molecule has 1 atom stereocenters. The number of carbonyl (C=O) groups excluding carboxylic acids is 1. The van der Waals surface area contributed by atoms with Gasteiger partial charge in [0, 0.05) is 23.8 Å². The maximum atomic E-state index is 13.7. The highest BCUT2D eigenvalue weighted by atomic mass is 35.5. The number of hydrogen-bond acceptors (Lipinski definition) is 6. The van der Waals surface area contributed by atoms with Crippen molar-refractivity contribution in [2.24, 2.45) is 0 Å². The normalized spacial score (nSPS) is 12.1. The summed E-state index contributed by atoms with van der Waals surface area (Å²) in [5.74, 6) is 0.259. The third-order valence-electron chi connectivity index (χ3n) is 5.80. The van der Waals surface area contributed by atoms with Crippen molar-refractivity contribution in [1.29, 1.82) is 0 Å². The van der Waals surface area contributed by atoms with Crippen LogP contribution < -0.4 is 21.3 Å². The van der Waals surface area contributed by atoms with Crippen LogP contribution in [0.4, 0.5) is 5.82 Å². The Morgan fingerprint density at radius 2 is 1.94 bits per heavy atom. The number of nitrogens with one attached hydrogen (secondary N) is 1. The van der Waals surface area contributed by atoms with E-state index < -0.39 is 11.9 Å². The minimum Gasteiger partial charge on any atom is -0.497 e. The van der Waals surface area contributed by atoms with E-state index in [0.717, 1.165) is 0 Å². The Balaban J connectivity index is 1.63. The minimum atomic E-state index is -0.584. The van der Waals surface area contributed by atoms with E-state index in [2.05, 4.69) is 15.4 Å². The molecule has 0 saturated carbocycles. The molecule has 176 valence electrons. The van der Waals surface area contributed by atoms with Crippen molar-refractivity contribution in [2.45, 2.75) is 13.0 Å². The van der Waals surface area contributed by atoms with Gasteiger partial charge in [-0.1, -0.05) is 23.7 Å². The van der Waals surface area contributed by atoms with Gasteiger partial charge in [0.2, 0.25) is 0 Å². The monoisotopic (exact) mass is 488 g/mol. The van der Waals surface area contributed by atoms with E-state index in [0.29, 0.717) is 38.6 Å². The third-order valence-corrected chi connectivity index (χ3v) is 6.11. The molecule has 3 heterocycles. The first-order valence-corrected chi connectivity index (χ1v) is 11.1. The fraction of sp³-hybridized carbons (Fsp3) is 0.120. The molecule has 0 aliphatic rings. The zero-order chi connectivity index (χ0) is 24.7. The Bertz CT molecular complexity index is 1640. The van der Waals surface area contributed by atoms with Gasteiger partial charge in [-0.3, -0.25) is 14.2 Å². The van der Waals surface area contributed by atoms with Crippen LogP contribution in [0, 0.1) is 0 Å². The molecule has 0 aliphatic carbocycles. The van der Waals surface area contributed by atoms with Gasteiger partial charge >= 0.3 is 0 Å². The predicted octanol–water partition coefficient (Wildman–Crippen LogP) is 3.77. The first-order chi connectivity index (χ1) is 16.9. The average molecular weight is 489 g/mol. The number of amides is 1. The second kappa shape index (κ2) is 8.77. The van der Waals surface area contributed by atoms with E-state index in [1.807, 2.05) is 12.1 Å². The largest absolute Gasteiger partial charge is 0.497 e. The standard InChI is InChI=1S/C25H21ClN6O3/c1-14(29-24(33)21-22(27)30-31-12-4-11-28-23(21)31)19-13-15-5-3-6-18(26)20(15)25(34)32(19)16-7-9-17(35-2)10-8-16/h3-14H,1-2H3,(H2,27,30)(H,29,33). The van der Waals surface area contributed by atoms with Crippen LogP contribution in [0.5, 0.6) is 5.75 Å². The van der Waals surface area contributed by atoms with E-state index in [-0.39, 0.29) is 16.9 Å². The molecule has 9 nitrogen and oxygen atoms in total. The van der Waals surface area contributed by atoms with E-state index >= 15 is 0 Å². The number of fused-ring (bicyclic) bond motifs is 2. The summed E-state index contributed by atoms with van der Waals surface area (Å²) in [7, 11) is 1.57. The molecule has 0 fully saturated rings. The second-order valence-corrected chi connectivity index (χ2v) is 8.36. The summed E-state index contributed by atoms with van der Waals surface area (Å²) in [6.07, 6.45) is 3.22. The maximum Gasteiger partial charge on any atom is 0.264 e. The predicted molar refractivity (Wildman–Crippen MR) is 134 cm³/mol. The van der Waals surface area contributed by atoms with Gasteiger partial charge in [0.25, 0.3) is 11.5 Å². The lowest BCUT2D eigenvalue weighted by Gasteiger charge is -2.21. The molecular weight excluding hydrogens is 468 g/mol. The van der Waals surface area contributed by atoms with Crippen LogP contribution in [0.25, 0.3) is 22.1 Å². The van der Waals surface area contributed by atoms with E-state index in [9.17, 15) is 9.59 Å². The molecule has 0 radical (unpaired) electrons. The number of rotatable bonds is 5. The molecule has 35 heavy (non-hydrogen) atoms. The molecule has 2 aromatic carbocycles. The van der Waals surface area contributed by atoms with Gasteiger partial charge in [-0.05, 0) is 54.8 Å². The quantitative estimate of drug-likeness (QED) is 0.389. The SMILES string of the molecule is COc1ccc(-n2c(C(C)NC(=O)c3c(N)nn4cccnc34)cc3cccc(Cl)c3c2=O)cc1. The lowest BCUT2D eigenvalue weighted by molar-refractivity contribution is 0.0941. The number of carbonyl (C=O) groups is 1. The minimum absolute atomic E-state index is 0.0613. The summed E-state index contributed by atoms with van der Waals surface area (Å²) >= 11 is 6.39. The lowest BCUT2D eigenvalue weighted by atomic mass is 10.1. The number of halogens is 1.